The standard InChI is InChI=1S/C9H16N6O/c1-4-9(2,3-10)15-5-6(12-4)13-8(11)14-7(5)16/h4,15H,3,10H2,1-2H3,(H4,11,12,13,14,16). The van der Waals surface area contributed by atoms with Crippen LogP contribution in [0.2, 0.25) is 0 Å². The average molecular weight is 224 g/mol. The van der Waals surface area contributed by atoms with Crippen molar-refractivity contribution in [1.82, 2.24) is 9.97 Å². The van der Waals surface area contributed by atoms with Crippen molar-refractivity contribution in [3.63, 3.8) is 0 Å². The monoisotopic (exact) mass is 224 g/mol. The number of hydrogen-bond acceptors (Lipinski definition) is 6. The molecule has 7 N–H and O–H groups in total. The zero-order chi connectivity index (χ0) is 11.9. The maximum atomic E-state index is 11.7. The third-order valence-electron chi connectivity index (χ3n) is 3.08. The van der Waals surface area contributed by atoms with Gasteiger partial charge in [-0.1, -0.05) is 0 Å². The third-order valence-corrected chi connectivity index (χ3v) is 3.08. The summed E-state index contributed by atoms with van der Waals surface area (Å²) in [4.78, 5) is 18.2. The highest BCUT2D eigenvalue weighted by molar-refractivity contribution is 5.69. The normalized spacial score (nSPS) is 27.8. The summed E-state index contributed by atoms with van der Waals surface area (Å²) in [5, 5.41) is 6.25. The minimum Gasteiger partial charge on any atom is -0.369 e. The molecule has 1 aromatic heterocycles. The molecule has 2 atom stereocenters. The van der Waals surface area contributed by atoms with Gasteiger partial charge in [-0.15, -0.1) is 0 Å². The van der Waals surface area contributed by atoms with E-state index < -0.39 is 0 Å². The Kier molecular flexibility index (Phi) is 2.27. The summed E-state index contributed by atoms with van der Waals surface area (Å²) in [6.07, 6.45) is 0. The molecule has 1 aliphatic heterocycles. The average Bonchev–Trinajstić information content (AvgIpc) is 2.21. The van der Waals surface area contributed by atoms with Crippen molar-refractivity contribution in [2.24, 2.45) is 5.73 Å². The lowest BCUT2D eigenvalue weighted by Crippen LogP contribution is -2.57. The second-order valence-electron chi connectivity index (χ2n) is 4.29. The Morgan fingerprint density at radius 2 is 2.25 bits per heavy atom. The fourth-order valence-corrected chi connectivity index (χ4v) is 1.70. The van der Waals surface area contributed by atoms with Gasteiger partial charge in [0, 0.05) is 12.6 Å². The molecule has 7 heteroatoms. The Bertz CT molecular complexity index is 470. The van der Waals surface area contributed by atoms with Crippen LogP contribution in [0.1, 0.15) is 13.8 Å². The molecule has 1 aromatic rings. The van der Waals surface area contributed by atoms with E-state index in [9.17, 15) is 4.79 Å². The number of aromatic nitrogens is 2. The molecular formula is C9H16N6O. The highest BCUT2D eigenvalue weighted by Crippen LogP contribution is 2.28. The molecule has 0 aromatic carbocycles. The molecule has 0 radical (unpaired) electrons. The highest BCUT2D eigenvalue weighted by Gasteiger charge is 2.36. The molecule has 2 unspecified atom stereocenters. The summed E-state index contributed by atoms with van der Waals surface area (Å²) in [7, 11) is 0. The van der Waals surface area contributed by atoms with Crippen molar-refractivity contribution in [3.8, 4) is 0 Å². The molecule has 0 amide bonds. The second kappa shape index (κ2) is 3.38. The summed E-state index contributed by atoms with van der Waals surface area (Å²) >= 11 is 0. The Hall–Kier alpha value is -1.76. The van der Waals surface area contributed by atoms with Crippen molar-refractivity contribution in [3.05, 3.63) is 10.4 Å². The number of hydrogen-bond donors (Lipinski definition) is 5. The first kappa shape index (κ1) is 10.7. The van der Waals surface area contributed by atoms with E-state index in [4.69, 9.17) is 11.5 Å². The van der Waals surface area contributed by atoms with Crippen LogP contribution in [-0.4, -0.2) is 28.1 Å². The number of nitrogens with one attached hydrogen (secondary N) is 3. The number of rotatable bonds is 1. The first-order chi connectivity index (χ1) is 7.46. The van der Waals surface area contributed by atoms with Crippen molar-refractivity contribution in [2.75, 3.05) is 22.9 Å². The lowest BCUT2D eigenvalue weighted by Gasteiger charge is -2.41. The van der Waals surface area contributed by atoms with Gasteiger partial charge < -0.3 is 22.1 Å². The van der Waals surface area contributed by atoms with Crippen molar-refractivity contribution in [1.29, 1.82) is 0 Å². The minimum absolute atomic E-state index is 0.0544. The quantitative estimate of drug-likeness (QED) is 0.430. The van der Waals surface area contributed by atoms with Crippen LogP contribution in [0.25, 0.3) is 0 Å². The van der Waals surface area contributed by atoms with Gasteiger partial charge in [0.05, 0.1) is 5.54 Å². The van der Waals surface area contributed by atoms with Crippen molar-refractivity contribution >= 4 is 17.5 Å². The van der Waals surface area contributed by atoms with E-state index in [0.29, 0.717) is 18.1 Å². The van der Waals surface area contributed by atoms with Crippen molar-refractivity contribution in [2.45, 2.75) is 25.4 Å². The Balaban J connectivity index is 2.51. The number of nitrogens with two attached hydrogens (primary N) is 2. The van der Waals surface area contributed by atoms with Gasteiger partial charge in [0.25, 0.3) is 5.56 Å². The number of anilines is 3. The molecule has 16 heavy (non-hydrogen) atoms. The van der Waals surface area contributed by atoms with Gasteiger partial charge in [-0.2, -0.15) is 4.98 Å². The zero-order valence-corrected chi connectivity index (χ0v) is 9.29. The van der Waals surface area contributed by atoms with Crippen LogP contribution < -0.4 is 27.7 Å². The molecule has 0 bridgehead atoms. The molecule has 1 aliphatic rings. The van der Waals surface area contributed by atoms with Gasteiger partial charge in [-0.25, -0.2) is 0 Å². The van der Waals surface area contributed by atoms with Gasteiger partial charge in [0.1, 0.15) is 5.69 Å². The van der Waals surface area contributed by atoms with Gasteiger partial charge in [-0.05, 0) is 13.8 Å². The fourth-order valence-electron chi connectivity index (χ4n) is 1.70. The number of fused-ring (bicyclic) bond motifs is 1. The Morgan fingerprint density at radius 1 is 1.56 bits per heavy atom. The summed E-state index contributed by atoms with van der Waals surface area (Å²) in [5.74, 6) is 0.571. The highest BCUT2D eigenvalue weighted by atomic mass is 16.1. The largest absolute Gasteiger partial charge is 0.369 e. The topological polar surface area (TPSA) is 122 Å². The molecule has 2 heterocycles. The number of aromatic amines is 1. The third kappa shape index (κ3) is 1.49. The summed E-state index contributed by atoms with van der Waals surface area (Å²) < 4.78 is 0. The van der Waals surface area contributed by atoms with E-state index in [-0.39, 0.29) is 23.1 Å². The first-order valence-corrected chi connectivity index (χ1v) is 5.11. The van der Waals surface area contributed by atoms with Crippen molar-refractivity contribution < 1.29 is 0 Å². The summed E-state index contributed by atoms with van der Waals surface area (Å²) in [5.41, 5.74) is 10.9. The van der Waals surface area contributed by atoms with Crippen LogP contribution in [0, 0.1) is 0 Å². The Labute approximate surface area is 92.6 Å². The fraction of sp³-hybridized carbons (Fsp3) is 0.556. The molecule has 0 saturated carbocycles. The van der Waals surface area contributed by atoms with E-state index in [0.717, 1.165) is 0 Å². The predicted molar refractivity (Wildman–Crippen MR) is 63.4 cm³/mol. The van der Waals surface area contributed by atoms with E-state index in [1.807, 2.05) is 13.8 Å². The van der Waals surface area contributed by atoms with E-state index in [1.165, 1.54) is 0 Å². The minimum atomic E-state index is -0.377. The van der Waals surface area contributed by atoms with Crippen LogP contribution in [0.5, 0.6) is 0 Å². The maximum Gasteiger partial charge on any atom is 0.277 e. The summed E-state index contributed by atoms with van der Waals surface area (Å²) in [6.45, 7) is 4.33. The van der Waals surface area contributed by atoms with Crippen LogP contribution in [0.3, 0.4) is 0 Å². The van der Waals surface area contributed by atoms with E-state index >= 15 is 0 Å². The molecule has 0 fully saturated rings. The van der Waals surface area contributed by atoms with Gasteiger partial charge in [-0.3, -0.25) is 9.78 Å². The smallest absolute Gasteiger partial charge is 0.277 e. The Morgan fingerprint density at radius 3 is 2.88 bits per heavy atom. The predicted octanol–water partition coefficient (Wildman–Crippen LogP) is -0.705. The number of H-pyrrole nitrogens is 1. The van der Waals surface area contributed by atoms with Crippen LogP contribution in [0.4, 0.5) is 17.5 Å². The molecule has 0 saturated heterocycles. The van der Waals surface area contributed by atoms with Crippen LogP contribution in [0.15, 0.2) is 4.79 Å². The molecule has 7 nitrogen and oxygen atoms in total. The van der Waals surface area contributed by atoms with Crippen LogP contribution >= 0.6 is 0 Å². The van der Waals surface area contributed by atoms with Gasteiger partial charge >= 0.3 is 0 Å². The lowest BCUT2D eigenvalue weighted by atomic mass is 9.91. The molecule has 2 rings (SSSR count). The molecular weight excluding hydrogens is 208 g/mol. The second-order valence-corrected chi connectivity index (χ2v) is 4.29. The zero-order valence-electron chi connectivity index (χ0n) is 9.29. The van der Waals surface area contributed by atoms with Gasteiger partial charge in [0.2, 0.25) is 5.95 Å². The number of nitrogen functional groups attached to an aromatic ring is 1. The van der Waals surface area contributed by atoms with Crippen LogP contribution in [-0.2, 0) is 0 Å². The maximum absolute atomic E-state index is 11.7. The molecule has 0 spiro atoms. The van der Waals surface area contributed by atoms with E-state index in [1.54, 1.807) is 0 Å². The first-order valence-electron chi connectivity index (χ1n) is 5.11. The molecule has 88 valence electrons. The van der Waals surface area contributed by atoms with Gasteiger partial charge in [0.15, 0.2) is 5.82 Å². The number of nitrogens with zero attached hydrogens (tertiary/aromatic N) is 1. The molecule has 0 aliphatic carbocycles. The summed E-state index contributed by atoms with van der Waals surface area (Å²) in [6, 6.07) is 0.0544. The SMILES string of the molecule is CC1Nc2nc(N)[nH]c(=O)c2NC1(C)CN. The van der Waals surface area contributed by atoms with E-state index in [2.05, 4.69) is 20.6 Å². The lowest BCUT2D eigenvalue weighted by molar-refractivity contribution is 0.452.